The SMILES string of the molecule is CCCC1=C(C(=O)OCC)[C@@H](c2cc(Br)ccc2OC)n2c(s/c(=C/c3ccc(OCc4ccc([N+](=O)[O-])cc4)cc3)c2=O)=N1. The standard InChI is InChI=1S/C33H30BrN3O7S/c1-4-6-26-29(32(39)43-5-2)30(25-18-22(34)11-16-27(25)42-3)36-31(38)28(45-33(36)35-26)17-20-9-14-24(15-10-20)44-19-21-7-12-23(13-8-21)37(40)41/h7-18,30H,4-6,19H2,1-3H3/b28-17+/t30-/m1/s1. The van der Waals surface area contributed by atoms with Crippen LogP contribution in [0.15, 0.2) is 92.3 Å². The Morgan fingerprint density at radius 3 is 2.49 bits per heavy atom. The zero-order chi connectivity index (χ0) is 32.1. The Hall–Kier alpha value is -4.55. The highest BCUT2D eigenvalue weighted by molar-refractivity contribution is 9.10. The molecular formula is C33H30BrN3O7S. The van der Waals surface area contributed by atoms with E-state index in [9.17, 15) is 19.7 Å². The molecule has 5 rings (SSSR count). The van der Waals surface area contributed by atoms with Crippen molar-refractivity contribution in [2.45, 2.75) is 39.3 Å². The van der Waals surface area contributed by atoms with E-state index in [1.54, 1.807) is 55.0 Å². The molecule has 10 nitrogen and oxygen atoms in total. The number of rotatable bonds is 11. The van der Waals surface area contributed by atoms with Gasteiger partial charge in [0.15, 0.2) is 4.80 Å². The molecule has 0 bridgehead atoms. The van der Waals surface area contributed by atoms with Crippen LogP contribution < -0.4 is 24.4 Å². The molecule has 1 aromatic heterocycles. The first kappa shape index (κ1) is 31.9. The molecule has 0 spiro atoms. The Kier molecular flexibility index (Phi) is 9.94. The summed E-state index contributed by atoms with van der Waals surface area (Å²) in [7, 11) is 1.55. The van der Waals surface area contributed by atoms with Crippen molar-refractivity contribution in [2.24, 2.45) is 4.99 Å². The molecule has 232 valence electrons. The first-order valence-electron chi connectivity index (χ1n) is 14.3. The lowest BCUT2D eigenvalue weighted by Crippen LogP contribution is -2.40. The summed E-state index contributed by atoms with van der Waals surface area (Å²) in [6.07, 6.45) is 3.07. The van der Waals surface area contributed by atoms with Crippen molar-refractivity contribution in [3.63, 3.8) is 0 Å². The minimum absolute atomic E-state index is 0.0224. The summed E-state index contributed by atoms with van der Waals surface area (Å²) >= 11 is 4.79. The zero-order valence-electron chi connectivity index (χ0n) is 24.8. The maximum absolute atomic E-state index is 14.1. The van der Waals surface area contributed by atoms with Gasteiger partial charge in [-0.1, -0.05) is 52.7 Å². The number of thiazole rings is 1. The van der Waals surface area contributed by atoms with Gasteiger partial charge in [-0.25, -0.2) is 9.79 Å². The van der Waals surface area contributed by atoms with E-state index in [1.165, 1.54) is 23.5 Å². The number of esters is 1. The third-order valence-electron chi connectivity index (χ3n) is 7.11. The third kappa shape index (κ3) is 6.91. The van der Waals surface area contributed by atoms with Gasteiger partial charge in [-0.05, 0) is 73.0 Å². The zero-order valence-corrected chi connectivity index (χ0v) is 27.2. The first-order valence-corrected chi connectivity index (χ1v) is 15.9. The van der Waals surface area contributed by atoms with E-state index in [2.05, 4.69) is 15.9 Å². The smallest absolute Gasteiger partial charge is 0.338 e. The lowest BCUT2D eigenvalue weighted by Gasteiger charge is -2.27. The Labute approximate surface area is 271 Å². The Bertz CT molecular complexity index is 1950. The van der Waals surface area contributed by atoms with Crippen molar-refractivity contribution in [3.05, 3.63) is 129 Å². The average Bonchev–Trinajstić information content (AvgIpc) is 3.34. The fraction of sp³-hybridized carbons (Fsp3) is 0.242. The Morgan fingerprint density at radius 1 is 1.11 bits per heavy atom. The van der Waals surface area contributed by atoms with Gasteiger partial charge < -0.3 is 14.2 Å². The van der Waals surface area contributed by atoms with E-state index < -0.39 is 16.9 Å². The van der Waals surface area contributed by atoms with E-state index in [1.807, 2.05) is 31.2 Å². The van der Waals surface area contributed by atoms with Crippen molar-refractivity contribution < 1.29 is 23.9 Å². The van der Waals surface area contributed by atoms with Crippen LogP contribution in [-0.2, 0) is 16.1 Å². The molecule has 0 amide bonds. The summed E-state index contributed by atoms with van der Waals surface area (Å²) in [6, 6.07) is 18.1. The van der Waals surface area contributed by atoms with Gasteiger partial charge in [0.25, 0.3) is 11.2 Å². The molecule has 1 aliphatic heterocycles. The van der Waals surface area contributed by atoms with E-state index in [-0.39, 0.29) is 24.5 Å². The van der Waals surface area contributed by atoms with Gasteiger partial charge in [-0.15, -0.1) is 0 Å². The second-order valence-electron chi connectivity index (χ2n) is 10.1. The quantitative estimate of drug-likeness (QED) is 0.110. The van der Waals surface area contributed by atoms with E-state index in [4.69, 9.17) is 19.2 Å². The molecule has 1 aliphatic rings. The minimum atomic E-state index is -0.799. The number of carbonyl (C=O) groups excluding carboxylic acids is 1. The number of methoxy groups -OCH3 is 1. The predicted octanol–water partition coefficient (Wildman–Crippen LogP) is 5.84. The lowest BCUT2D eigenvalue weighted by atomic mass is 9.93. The molecule has 4 aromatic rings. The Morgan fingerprint density at radius 2 is 1.84 bits per heavy atom. The van der Waals surface area contributed by atoms with Gasteiger partial charge in [-0.2, -0.15) is 0 Å². The number of aromatic nitrogens is 1. The van der Waals surface area contributed by atoms with Crippen LogP contribution in [0.3, 0.4) is 0 Å². The minimum Gasteiger partial charge on any atom is -0.496 e. The topological polar surface area (TPSA) is 122 Å². The van der Waals surface area contributed by atoms with Crippen molar-refractivity contribution in [3.8, 4) is 11.5 Å². The first-order chi connectivity index (χ1) is 21.7. The second kappa shape index (κ2) is 14.0. The van der Waals surface area contributed by atoms with Gasteiger partial charge in [0, 0.05) is 22.2 Å². The van der Waals surface area contributed by atoms with Gasteiger partial charge in [-0.3, -0.25) is 19.5 Å². The number of carbonyl (C=O) groups is 1. The largest absolute Gasteiger partial charge is 0.496 e. The highest BCUT2D eigenvalue weighted by atomic mass is 79.9. The average molecular weight is 693 g/mol. The molecule has 3 aromatic carbocycles. The summed E-state index contributed by atoms with van der Waals surface area (Å²) in [4.78, 5) is 43.2. The summed E-state index contributed by atoms with van der Waals surface area (Å²) in [5, 5.41) is 10.9. The summed E-state index contributed by atoms with van der Waals surface area (Å²) in [6.45, 7) is 4.18. The molecule has 0 N–H and O–H groups in total. The number of nitro benzene ring substituents is 1. The number of halogens is 1. The maximum Gasteiger partial charge on any atom is 0.338 e. The maximum atomic E-state index is 14.1. The third-order valence-corrected chi connectivity index (χ3v) is 8.59. The van der Waals surface area contributed by atoms with Crippen LogP contribution in [0.25, 0.3) is 6.08 Å². The molecule has 1 atom stereocenters. The van der Waals surface area contributed by atoms with Crippen LogP contribution in [0.1, 0.15) is 49.4 Å². The summed E-state index contributed by atoms with van der Waals surface area (Å²) in [5.41, 5.74) is 2.86. The monoisotopic (exact) mass is 691 g/mol. The Balaban J connectivity index is 1.53. The number of hydrogen-bond acceptors (Lipinski definition) is 9. The number of nitro groups is 1. The fourth-order valence-electron chi connectivity index (χ4n) is 5.03. The molecule has 45 heavy (non-hydrogen) atoms. The normalized spacial score (nSPS) is 14.5. The second-order valence-corrected chi connectivity index (χ2v) is 12.0. The van der Waals surface area contributed by atoms with Crippen molar-refractivity contribution >= 4 is 45.0 Å². The molecule has 0 radical (unpaired) electrons. The van der Waals surface area contributed by atoms with Gasteiger partial charge in [0.1, 0.15) is 24.1 Å². The van der Waals surface area contributed by atoms with Crippen LogP contribution >= 0.6 is 27.3 Å². The molecule has 0 unspecified atom stereocenters. The lowest BCUT2D eigenvalue weighted by molar-refractivity contribution is -0.384. The van der Waals surface area contributed by atoms with Crippen LogP contribution in [0, 0.1) is 10.1 Å². The van der Waals surface area contributed by atoms with Crippen LogP contribution in [0.5, 0.6) is 11.5 Å². The van der Waals surface area contributed by atoms with Crippen molar-refractivity contribution in [1.29, 1.82) is 0 Å². The molecule has 0 saturated heterocycles. The van der Waals surface area contributed by atoms with Crippen LogP contribution in [0.4, 0.5) is 5.69 Å². The van der Waals surface area contributed by atoms with Gasteiger partial charge >= 0.3 is 5.97 Å². The number of hydrogen-bond donors (Lipinski definition) is 0. The number of nitrogens with zero attached hydrogens (tertiary/aromatic N) is 3. The van der Waals surface area contributed by atoms with E-state index >= 15 is 0 Å². The number of allylic oxidation sites excluding steroid dienone is 1. The van der Waals surface area contributed by atoms with Gasteiger partial charge in [0.05, 0.1) is 34.4 Å². The number of fused-ring (bicyclic) bond motifs is 1. The van der Waals surface area contributed by atoms with Crippen molar-refractivity contribution in [1.82, 2.24) is 4.57 Å². The highest BCUT2D eigenvalue weighted by Crippen LogP contribution is 2.38. The molecular weight excluding hydrogens is 662 g/mol. The summed E-state index contributed by atoms with van der Waals surface area (Å²) < 4.78 is 19.8. The molecule has 0 saturated carbocycles. The fourth-order valence-corrected chi connectivity index (χ4v) is 6.42. The number of benzene rings is 3. The molecule has 2 heterocycles. The summed E-state index contributed by atoms with van der Waals surface area (Å²) in [5.74, 6) is 0.619. The molecule has 0 fully saturated rings. The van der Waals surface area contributed by atoms with Crippen molar-refractivity contribution in [2.75, 3.05) is 13.7 Å². The van der Waals surface area contributed by atoms with Crippen LogP contribution in [-0.4, -0.2) is 29.2 Å². The number of ether oxygens (including phenoxy) is 3. The highest BCUT2D eigenvalue weighted by Gasteiger charge is 2.36. The van der Waals surface area contributed by atoms with Crippen LogP contribution in [0.2, 0.25) is 0 Å². The molecule has 0 aliphatic carbocycles. The van der Waals surface area contributed by atoms with E-state index in [0.29, 0.717) is 44.1 Å². The number of non-ortho nitro benzene ring substituents is 1. The predicted molar refractivity (Wildman–Crippen MR) is 174 cm³/mol. The van der Waals surface area contributed by atoms with E-state index in [0.717, 1.165) is 22.0 Å². The molecule has 12 heteroatoms. The van der Waals surface area contributed by atoms with Gasteiger partial charge in [0.2, 0.25) is 0 Å².